The average Bonchev–Trinajstić information content (AvgIpc) is 2.95. The van der Waals surface area contributed by atoms with Crippen molar-refractivity contribution in [2.75, 3.05) is 11.4 Å². The fraction of sp³-hybridized carbons (Fsp3) is 0.533. The Labute approximate surface area is 124 Å². The number of anilines is 1. The van der Waals surface area contributed by atoms with Gasteiger partial charge in [0.2, 0.25) is 0 Å². The van der Waals surface area contributed by atoms with Gasteiger partial charge in [0.15, 0.2) is 5.84 Å². The van der Waals surface area contributed by atoms with Crippen LogP contribution >= 0.6 is 11.6 Å². The lowest BCUT2D eigenvalue weighted by Crippen LogP contribution is -2.43. The lowest BCUT2D eigenvalue weighted by molar-refractivity contribution is 0.318. The molecule has 2 unspecified atom stereocenters. The summed E-state index contributed by atoms with van der Waals surface area (Å²) in [4.78, 5) is 2.44. The summed E-state index contributed by atoms with van der Waals surface area (Å²) in [6, 6.07) is 6.25. The topological polar surface area (TPSA) is 61.9 Å². The molecule has 1 saturated carbocycles. The molecule has 5 heteroatoms. The van der Waals surface area contributed by atoms with Crippen LogP contribution in [0.15, 0.2) is 23.4 Å². The van der Waals surface area contributed by atoms with Gasteiger partial charge >= 0.3 is 0 Å². The van der Waals surface area contributed by atoms with Gasteiger partial charge in [-0.3, -0.25) is 0 Å². The van der Waals surface area contributed by atoms with Crippen LogP contribution in [0.1, 0.15) is 37.7 Å². The molecule has 0 radical (unpaired) electrons. The van der Waals surface area contributed by atoms with E-state index in [1.807, 2.05) is 12.1 Å². The average molecular weight is 294 g/mol. The van der Waals surface area contributed by atoms with E-state index in [0.717, 1.165) is 23.7 Å². The molecule has 0 aromatic heterocycles. The second kappa shape index (κ2) is 5.52. The van der Waals surface area contributed by atoms with Gasteiger partial charge in [0.25, 0.3) is 0 Å². The molecule has 1 aliphatic heterocycles. The summed E-state index contributed by atoms with van der Waals surface area (Å²) in [6.07, 6.45) is 6.40. The van der Waals surface area contributed by atoms with E-state index in [1.165, 1.54) is 32.1 Å². The largest absolute Gasteiger partial charge is 0.409 e. The zero-order chi connectivity index (χ0) is 14.1. The Kier molecular flexibility index (Phi) is 3.74. The van der Waals surface area contributed by atoms with Crippen molar-refractivity contribution >= 4 is 23.1 Å². The van der Waals surface area contributed by atoms with Crippen LogP contribution in [0.3, 0.4) is 0 Å². The highest BCUT2D eigenvalue weighted by atomic mass is 35.5. The molecule has 3 rings (SSSR count). The maximum Gasteiger partial charge on any atom is 0.172 e. The molecular weight excluding hydrogens is 274 g/mol. The Bertz CT molecular complexity index is 532. The zero-order valence-corrected chi connectivity index (χ0v) is 12.2. The Morgan fingerprint density at radius 2 is 2.10 bits per heavy atom. The highest BCUT2D eigenvalue weighted by Crippen LogP contribution is 2.40. The quantitative estimate of drug-likeness (QED) is 0.381. The number of amidine groups is 1. The van der Waals surface area contributed by atoms with E-state index < -0.39 is 0 Å². The van der Waals surface area contributed by atoms with Crippen LogP contribution in [-0.4, -0.2) is 23.6 Å². The van der Waals surface area contributed by atoms with Crippen molar-refractivity contribution in [3.05, 3.63) is 28.8 Å². The van der Waals surface area contributed by atoms with Crippen molar-refractivity contribution in [1.29, 1.82) is 0 Å². The zero-order valence-electron chi connectivity index (χ0n) is 11.4. The number of nitrogens with two attached hydrogens (primary N) is 1. The van der Waals surface area contributed by atoms with Crippen LogP contribution in [0.2, 0.25) is 5.02 Å². The number of halogens is 1. The van der Waals surface area contributed by atoms with Crippen molar-refractivity contribution in [3.63, 3.8) is 0 Å². The summed E-state index contributed by atoms with van der Waals surface area (Å²) >= 11 is 6.06. The maximum atomic E-state index is 8.99. The van der Waals surface area contributed by atoms with E-state index >= 15 is 0 Å². The van der Waals surface area contributed by atoms with Gasteiger partial charge < -0.3 is 15.8 Å². The Morgan fingerprint density at radius 3 is 2.90 bits per heavy atom. The summed E-state index contributed by atoms with van der Waals surface area (Å²) < 4.78 is 0. The Morgan fingerprint density at radius 1 is 1.30 bits per heavy atom. The summed E-state index contributed by atoms with van der Waals surface area (Å²) in [5.74, 6) is 0.919. The minimum absolute atomic E-state index is 0.127. The second-order valence-electron chi connectivity index (χ2n) is 5.74. The van der Waals surface area contributed by atoms with Crippen LogP contribution in [0, 0.1) is 5.92 Å². The van der Waals surface area contributed by atoms with Crippen LogP contribution in [0.5, 0.6) is 0 Å². The first-order chi connectivity index (χ1) is 9.70. The number of hydrogen-bond donors (Lipinski definition) is 2. The summed E-state index contributed by atoms with van der Waals surface area (Å²) in [7, 11) is 0. The van der Waals surface area contributed by atoms with Crippen LogP contribution in [0.25, 0.3) is 0 Å². The molecule has 0 bridgehead atoms. The number of benzene rings is 1. The van der Waals surface area contributed by atoms with Gasteiger partial charge in [-0.2, -0.15) is 0 Å². The van der Waals surface area contributed by atoms with Crippen molar-refractivity contribution in [1.82, 2.24) is 0 Å². The van der Waals surface area contributed by atoms with Crippen LogP contribution < -0.4 is 10.6 Å². The third-order valence-corrected chi connectivity index (χ3v) is 4.88. The predicted molar refractivity (Wildman–Crippen MR) is 81.7 cm³/mol. The number of rotatable bonds is 2. The molecule has 1 heterocycles. The molecule has 3 N–H and O–H groups in total. The molecule has 2 fully saturated rings. The van der Waals surface area contributed by atoms with Crippen molar-refractivity contribution < 1.29 is 5.21 Å². The summed E-state index contributed by atoms with van der Waals surface area (Å²) in [5.41, 5.74) is 7.59. The molecule has 0 amide bonds. The van der Waals surface area contributed by atoms with Gasteiger partial charge in [-0.1, -0.05) is 23.2 Å². The number of fused-ring (bicyclic) bond motifs is 1. The third kappa shape index (κ3) is 2.33. The Hall–Kier alpha value is -1.42. The first kappa shape index (κ1) is 13.6. The standard InChI is InChI=1S/C15H20ClN3O/c16-11-6-7-14(12(9-11)15(17)18-20)19-8-2-4-10-3-1-5-13(10)19/h6-7,9-10,13,20H,1-5,8H2,(H2,17,18). The summed E-state index contributed by atoms with van der Waals surface area (Å²) in [6.45, 7) is 1.04. The lowest BCUT2D eigenvalue weighted by Gasteiger charge is -2.40. The van der Waals surface area contributed by atoms with E-state index in [1.54, 1.807) is 6.07 Å². The summed E-state index contributed by atoms with van der Waals surface area (Å²) in [5, 5.41) is 12.7. The minimum Gasteiger partial charge on any atom is -0.409 e. The molecule has 1 aromatic carbocycles. The molecule has 2 atom stereocenters. The first-order valence-corrected chi connectivity index (χ1v) is 7.62. The van der Waals surface area contributed by atoms with Gasteiger partial charge in [0.05, 0.1) is 0 Å². The van der Waals surface area contributed by atoms with Gasteiger partial charge in [-0.05, 0) is 49.8 Å². The Balaban J connectivity index is 2.00. The van der Waals surface area contributed by atoms with Crippen molar-refractivity contribution in [3.8, 4) is 0 Å². The lowest BCUT2D eigenvalue weighted by atomic mass is 9.91. The van der Waals surface area contributed by atoms with Crippen LogP contribution in [0.4, 0.5) is 5.69 Å². The maximum absolute atomic E-state index is 8.99. The molecule has 1 saturated heterocycles. The van der Waals surface area contributed by atoms with Gasteiger partial charge in [0, 0.05) is 28.9 Å². The minimum atomic E-state index is 0.127. The number of oxime groups is 1. The first-order valence-electron chi connectivity index (χ1n) is 7.25. The fourth-order valence-electron chi connectivity index (χ4n) is 3.77. The second-order valence-corrected chi connectivity index (χ2v) is 6.18. The van der Waals surface area contributed by atoms with Crippen molar-refractivity contribution in [2.45, 2.75) is 38.1 Å². The smallest absolute Gasteiger partial charge is 0.172 e. The number of nitrogens with zero attached hydrogens (tertiary/aromatic N) is 2. The van der Waals surface area contributed by atoms with E-state index in [2.05, 4.69) is 10.1 Å². The number of hydrogen-bond acceptors (Lipinski definition) is 3. The fourth-order valence-corrected chi connectivity index (χ4v) is 3.94. The van der Waals surface area contributed by atoms with Gasteiger partial charge in [0.1, 0.15) is 0 Å². The van der Waals surface area contributed by atoms with E-state index in [0.29, 0.717) is 11.1 Å². The normalized spacial score (nSPS) is 26.6. The molecular formula is C15H20ClN3O. The van der Waals surface area contributed by atoms with Gasteiger partial charge in [-0.25, -0.2) is 0 Å². The predicted octanol–water partition coefficient (Wildman–Crippen LogP) is 3.20. The van der Waals surface area contributed by atoms with E-state index in [9.17, 15) is 0 Å². The highest BCUT2D eigenvalue weighted by molar-refractivity contribution is 6.31. The third-order valence-electron chi connectivity index (χ3n) is 4.64. The SMILES string of the molecule is NC(=NO)c1cc(Cl)ccc1N1CCCC2CCCC21. The molecule has 1 aromatic rings. The molecule has 0 spiro atoms. The van der Waals surface area contributed by atoms with Crippen molar-refractivity contribution in [2.24, 2.45) is 16.8 Å². The molecule has 4 nitrogen and oxygen atoms in total. The number of piperidine rings is 1. The van der Waals surface area contributed by atoms with Gasteiger partial charge in [-0.15, -0.1) is 0 Å². The van der Waals surface area contributed by atoms with E-state index in [-0.39, 0.29) is 5.84 Å². The van der Waals surface area contributed by atoms with Crippen LogP contribution in [-0.2, 0) is 0 Å². The molecule has 1 aliphatic carbocycles. The molecule has 108 valence electrons. The molecule has 2 aliphatic rings. The highest BCUT2D eigenvalue weighted by Gasteiger charge is 2.36. The monoisotopic (exact) mass is 293 g/mol. The van der Waals surface area contributed by atoms with E-state index in [4.69, 9.17) is 22.5 Å². The molecule has 20 heavy (non-hydrogen) atoms.